The Morgan fingerprint density at radius 2 is 1.80 bits per heavy atom. The van der Waals surface area contributed by atoms with Crippen molar-refractivity contribution in [2.24, 2.45) is 0 Å². The molecule has 6 atom stereocenters. The standard InChI is InChI=1S/C27H22N2O10S2/c1-28-24(34)27-22(32)14-11-37-9-8-16-19(14)29(27)25(35)26(28,40-41-27)21(31)12-6-7-15(30)18(10-12)38-20-13(23(33)39-16)4-3-5-17(20)36-2/h3-11,16,19,21-22,30-32H,1-2H3/t16-,19+,21-,22+,26-,27+/m0/s1. The number of aliphatic hydroxyl groups is 2. The second-order valence-corrected chi connectivity index (χ2v) is 12.5. The largest absolute Gasteiger partial charge is 0.504 e. The van der Waals surface area contributed by atoms with E-state index in [1.54, 1.807) is 12.1 Å². The molecule has 12 nitrogen and oxygen atoms in total. The van der Waals surface area contributed by atoms with Gasteiger partial charge in [0, 0.05) is 12.6 Å². The minimum Gasteiger partial charge on any atom is -0.504 e. The van der Waals surface area contributed by atoms with Gasteiger partial charge in [-0.25, -0.2) is 4.79 Å². The van der Waals surface area contributed by atoms with E-state index < -0.39 is 51.9 Å². The van der Waals surface area contributed by atoms with Crippen LogP contribution in [-0.4, -0.2) is 85.1 Å². The molecule has 0 saturated carbocycles. The molecule has 0 aromatic heterocycles. The second kappa shape index (κ2) is 8.82. The molecule has 2 amide bonds. The summed E-state index contributed by atoms with van der Waals surface area (Å²) in [6.07, 6.45) is -0.420. The fourth-order valence-corrected chi connectivity index (χ4v) is 9.80. The molecule has 6 aliphatic heterocycles. The normalized spacial score (nSPS) is 33.2. The summed E-state index contributed by atoms with van der Waals surface area (Å²) in [5, 5.41) is 34.1. The van der Waals surface area contributed by atoms with E-state index in [0.717, 1.165) is 26.5 Å². The van der Waals surface area contributed by atoms with Crippen molar-refractivity contribution in [1.82, 2.24) is 9.80 Å². The zero-order valence-corrected chi connectivity index (χ0v) is 23.0. The molecule has 4 saturated heterocycles. The maximum absolute atomic E-state index is 14.5. The number of ether oxygens (including phenoxy) is 4. The molecule has 0 radical (unpaired) electrons. The average molecular weight is 599 g/mol. The number of fused-ring (bicyclic) bond motifs is 5. The molecule has 0 unspecified atom stereocenters. The number of phenolic OH excluding ortho intramolecular Hbond substituents is 1. The van der Waals surface area contributed by atoms with E-state index in [4.69, 9.17) is 18.9 Å². The van der Waals surface area contributed by atoms with Crippen LogP contribution in [0.5, 0.6) is 23.0 Å². The van der Waals surface area contributed by atoms with E-state index in [0.29, 0.717) is 0 Å². The Morgan fingerprint density at radius 1 is 1.02 bits per heavy atom. The van der Waals surface area contributed by atoms with Crippen molar-refractivity contribution >= 4 is 39.4 Å². The van der Waals surface area contributed by atoms with Crippen molar-refractivity contribution in [3.8, 4) is 23.0 Å². The molecule has 2 aromatic rings. The first-order valence-electron chi connectivity index (χ1n) is 12.4. The third-order valence-corrected chi connectivity index (χ3v) is 11.6. The molecule has 212 valence electrons. The minimum atomic E-state index is -1.88. The number of methoxy groups -OCH3 is 1. The van der Waals surface area contributed by atoms with Crippen LogP contribution < -0.4 is 9.47 Å². The van der Waals surface area contributed by atoms with E-state index in [2.05, 4.69) is 0 Å². The van der Waals surface area contributed by atoms with Crippen LogP contribution in [0.3, 0.4) is 0 Å². The Morgan fingerprint density at radius 3 is 2.59 bits per heavy atom. The molecule has 2 aromatic carbocycles. The highest BCUT2D eigenvalue weighted by Gasteiger charge is 2.78. The summed E-state index contributed by atoms with van der Waals surface area (Å²) in [5.41, 5.74) is 0.248. The number of aromatic hydroxyl groups is 1. The quantitative estimate of drug-likeness (QED) is 0.325. The van der Waals surface area contributed by atoms with E-state index in [1.165, 1.54) is 61.9 Å². The SMILES string of the molecule is COc1cccc2c1Oc1cc(ccc1O)[C@H](O)[C@@]13SS[C@@]4(C(=O)N1C)[C@H](O)C1=COC=C[C@H](OC2=O)[C@@H]1N4C3=O. The van der Waals surface area contributed by atoms with Crippen LogP contribution in [0.15, 0.2) is 60.6 Å². The number of hydrogen-bond acceptors (Lipinski definition) is 12. The highest BCUT2D eigenvalue weighted by Crippen LogP contribution is 2.67. The fourth-order valence-electron chi connectivity index (χ4n) is 5.93. The van der Waals surface area contributed by atoms with Crippen LogP contribution >= 0.6 is 21.6 Å². The summed E-state index contributed by atoms with van der Waals surface area (Å²) >= 11 is 0. The predicted molar refractivity (Wildman–Crippen MR) is 144 cm³/mol. The average Bonchev–Trinajstić information content (AvgIpc) is 3.07. The molecule has 3 N–H and O–H groups in total. The Balaban J connectivity index is 1.51. The lowest BCUT2D eigenvalue weighted by Crippen LogP contribution is -2.79. The minimum absolute atomic E-state index is 0.0555. The van der Waals surface area contributed by atoms with Gasteiger partial charge in [-0.05, 0) is 57.5 Å². The molecule has 6 heterocycles. The third-order valence-electron chi connectivity index (χ3n) is 8.00. The Labute approximate surface area is 240 Å². The Kier molecular flexibility index (Phi) is 5.61. The first-order chi connectivity index (χ1) is 19.7. The van der Waals surface area contributed by atoms with Crippen LogP contribution in [0.1, 0.15) is 22.0 Å². The van der Waals surface area contributed by atoms with E-state index in [-0.39, 0.29) is 39.7 Å². The van der Waals surface area contributed by atoms with Gasteiger partial charge in [-0.1, -0.05) is 12.1 Å². The second-order valence-electron chi connectivity index (χ2n) is 9.97. The zero-order chi connectivity index (χ0) is 28.8. The fraction of sp³-hybridized carbons (Fsp3) is 0.296. The van der Waals surface area contributed by atoms with Crippen molar-refractivity contribution in [1.29, 1.82) is 0 Å². The van der Waals surface area contributed by atoms with Crippen molar-refractivity contribution in [2.45, 2.75) is 34.1 Å². The van der Waals surface area contributed by atoms with Crippen LogP contribution in [0.2, 0.25) is 0 Å². The number of likely N-dealkylation sites (N-methyl/N-ethyl adjacent to an activating group) is 1. The number of aliphatic hydroxyl groups excluding tert-OH is 2. The van der Waals surface area contributed by atoms with Crippen LogP contribution in [0.4, 0.5) is 0 Å². The number of esters is 1. The number of rotatable bonds is 1. The number of benzene rings is 2. The number of nitrogens with zero attached hydrogens (tertiary/aromatic N) is 2. The highest BCUT2D eigenvalue weighted by atomic mass is 33.1. The maximum atomic E-state index is 14.5. The van der Waals surface area contributed by atoms with Crippen molar-refractivity contribution in [2.75, 3.05) is 14.2 Å². The van der Waals surface area contributed by atoms with E-state index in [1.807, 2.05) is 0 Å². The molecule has 14 heteroatoms. The highest BCUT2D eigenvalue weighted by molar-refractivity contribution is 8.78. The first kappa shape index (κ1) is 26.1. The third kappa shape index (κ3) is 3.18. The van der Waals surface area contributed by atoms with Gasteiger partial charge in [0.15, 0.2) is 23.0 Å². The number of hydrogen-bond donors (Lipinski definition) is 3. The topological polar surface area (TPSA) is 155 Å². The smallest absolute Gasteiger partial charge is 0.342 e. The molecule has 8 rings (SSSR count). The monoisotopic (exact) mass is 598 g/mol. The van der Waals surface area contributed by atoms with Crippen LogP contribution in [0.25, 0.3) is 0 Å². The van der Waals surface area contributed by atoms with Gasteiger partial charge in [0.2, 0.25) is 9.74 Å². The van der Waals surface area contributed by atoms with Crippen LogP contribution in [0, 0.1) is 0 Å². The molecular weight excluding hydrogens is 576 g/mol. The maximum Gasteiger partial charge on any atom is 0.342 e. The van der Waals surface area contributed by atoms with Crippen molar-refractivity contribution < 1.29 is 48.7 Å². The first-order valence-corrected chi connectivity index (χ1v) is 14.6. The molecule has 6 aliphatic rings. The van der Waals surface area contributed by atoms with Gasteiger partial charge in [-0.3, -0.25) is 9.59 Å². The summed E-state index contributed by atoms with van der Waals surface area (Å²) in [6, 6.07) is 7.42. The summed E-state index contributed by atoms with van der Waals surface area (Å²) in [6.45, 7) is 0. The number of phenols is 1. The molecule has 4 fully saturated rings. The molecule has 2 spiro atoms. The molecular formula is C27H22N2O10S2. The lowest BCUT2D eigenvalue weighted by Gasteiger charge is -2.60. The number of amides is 2. The van der Waals surface area contributed by atoms with Gasteiger partial charge in [0.1, 0.15) is 29.9 Å². The number of carbonyl (C=O) groups excluding carboxylic acids is 3. The Hall–Kier alpha value is -3.85. The van der Waals surface area contributed by atoms with Gasteiger partial charge in [0.05, 0.1) is 19.6 Å². The summed E-state index contributed by atoms with van der Waals surface area (Å²) in [4.78, 5) is 40.9. The zero-order valence-electron chi connectivity index (χ0n) is 21.4. The molecule has 5 bridgehead atoms. The van der Waals surface area contributed by atoms with Gasteiger partial charge in [-0.15, -0.1) is 0 Å². The summed E-state index contributed by atoms with van der Waals surface area (Å²) in [7, 11) is 4.68. The van der Waals surface area contributed by atoms with E-state index in [9.17, 15) is 29.7 Å². The van der Waals surface area contributed by atoms with Crippen LogP contribution in [-0.2, 0) is 19.1 Å². The van der Waals surface area contributed by atoms with Gasteiger partial charge >= 0.3 is 5.97 Å². The van der Waals surface area contributed by atoms with Crippen molar-refractivity contribution in [3.63, 3.8) is 0 Å². The number of piperazine rings is 1. The van der Waals surface area contributed by atoms with Crippen molar-refractivity contribution in [3.05, 3.63) is 71.7 Å². The van der Waals surface area contributed by atoms with Gasteiger partial charge < -0.3 is 44.1 Å². The molecule has 0 aliphatic carbocycles. The Bertz CT molecular complexity index is 1600. The number of carbonyl (C=O) groups is 3. The van der Waals surface area contributed by atoms with Gasteiger partial charge in [0.25, 0.3) is 11.8 Å². The molecule has 41 heavy (non-hydrogen) atoms. The summed E-state index contributed by atoms with van der Waals surface area (Å²) < 4.78 is 22.8. The summed E-state index contributed by atoms with van der Waals surface area (Å²) in [5.74, 6) is -2.51. The predicted octanol–water partition coefficient (Wildman–Crippen LogP) is 2.02. The lowest BCUT2D eigenvalue weighted by atomic mass is 9.93. The van der Waals surface area contributed by atoms with Gasteiger partial charge in [-0.2, -0.15) is 0 Å². The number of para-hydroxylation sites is 1. The van der Waals surface area contributed by atoms with E-state index >= 15 is 0 Å². The lowest BCUT2D eigenvalue weighted by molar-refractivity contribution is -0.175.